The van der Waals surface area contributed by atoms with E-state index in [1.54, 1.807) is 12.1 Å². The quantitative estimate of drug-likeness (QED) is 0.825. The molecule has 1 aromatic rings. The van der Waals surface area contributed by atoms with Crippen LogP contribution in [0.2, 0.25) is 0 Å². The van der Waals surface area contributed by atoms with Crippen molar-refractivity contribution in [2.75, 3.05) is 5.33 Å². The Morgan fingerprint density at radius 2 is 2.25 bits per heavy atom. The van der Waals surface area contributed by atoms with Gasteiger partial charge < -0.3 is 5.32 Å². The number of hydrogen-bond donors (Lipinski definition) is 1. The Labute approximate surface area is 111 Å². The Bertz CT molecular complexity index is 380. The SMILES string of the molecule is CCC(CBr)NC(=O)c1cccc(Br)c1F. The zero-order valence-electron chi connectivity index (χ0n) is 8.77. The largest absolute Gasteiger partial charge is 0.348 e. The minimum atomic E-state index is -0.524. The first-order valence-electron chi connectivity index (χ1n) is 4.91. The van der Waals surface area contributed by atoms with Crippen molar-refractivity contribution in [1.82, 2.24) is 5.32 Å². The molecule has 16 heavy (non-hydrogen) atoms. The molecule has 0 saturated carbocycles. The topological polar surface area (TPSA) is 29.1 Å². The average Bonchev–Trinajstić information content (AvgIpc) is 2.29. The summed E-state index contributed by atoms with van der Waals surface area (Å²) in [4.78, 5) is 11.8. The van der Waals surface area contributed by atoms with E-state index < -0.39 is 5.82 Å². The van der Waals surface area contributed by atoms with Gasteiger partial charge in [-0.25, -0.2) is 4.39 Å². The summed E-state index contributed by atoms with van der Waals surface area (Å²) in [5.74, 6) is -0.908. The number of amides is 1. The summed E-state index contributed by atoms with van der Waals surface area (Å²) in [6, 6.07) is 4.69. The Morgan fingerprint density at radius 3 is 2.81 bits per heavy atom. The van der Waals surface area contributed by atoms with Crippen LogP contribution in [0.15, 0.2) is 22.7 Å². The van der Waals surface area contributed by atoms with Crippen molar-refractivity contribution < 1.29 is 9.18 Å². The Balaban J connectivity index is 2.84. The van der Waals surface area contributed by atoms with Gasteiger partial charge in [0.1, 0.15) is 5.82 Å². The second-order valence-corrected chi connectivity index (χ2v) is 4.84. The molecule has 0 aliphatic carbocycles. The van der Waals surface area contributed by atoms with Gasteiger partial charge in [-0.15, -0.1) is 0 Å². The number of alkyl halides is 1. The van der Waals surface area contributed by atoms with Crippen LogP contribution in [0.1, 0.15) is 23.7 Å². The van der Waals surface area contributed by atoms with Crippen molar-refractivity contribution >= 4 is 37.8 Å². The molecule has 1 rings (SSSR count). The summed E-state index contributed by atoms with van der Waals surface area (Å²) in [5, 5.41) is 3.41. The van der Waals surface area contributed by atoms with Gasteiger partial charge in [0, 0.05) is 11.4 Å². The zero-order chi connectivity index (χ0) is 12.1. The first-order valence-corrected chi connectivity index (χ1v) is 6.82. The van der Waals surface area contributed by atoms with Crippen molar-refractivity contribution in [2.45, 2.75) is 19.4 Å². The molecule has 0 aromatic heterocycles. The molecule has 0 bridgehead atoms. The van der Waals surface area contributed by atoms with Gasteiger partial charge in [0.25, 0.3) is 5.91 Å². The third kappa shape index (κ3) is 3.28. The molecule has 0 spiro atoms. The molecular weight excluding hydrogens is 341 g/mol. The fourth-order valence-corrected chi connectivity index (χ4v) is 2.18. The molecule has 0 heterocycles. The first kappa shape index (κ1) is 13.6. The van der Waals surface area contributed by atoms with E-state index in [2.05, 4.69) is 37.2 Å². The summed E-state index contributed by atoms with van der Waals surface area (Å²) in [7, 11) is 0. The summed E-state index contributed by atoms with van der Waals surface area (Å²) < 4.78 is 13.9. The fraction of sp³-hybridized carbons (Fsp3) is 0.364. The van der Waals surface area contributed by atoms with Gasteiger partial charge in [0.2, 0.25) is 0 Å². The van der Waals surface area contributed by atoms with Crippen LogP contribution >= 0.6 is 31.9 Å². The Hall–Kier alpha value is -0.420. The van der Waals surface area contributed by atoms with Crippen LogP contribution < -0.4 is 5.32 Å². The molecule has 1 amide bonds. The second-order valence-electron chi connectivity index (χ2n) is 3.33. The maximum atomic E-state index is 13.6. The average molecular weight is 353 g/mol. The lowest BCUT2D eigenvalue weighted by Gasteiger charge is -2.14. The Kier molecular flexibility index (Phi) is 5.41. The van der Waals surface area contributed by atoms with Crippen LogP contribution in [0.3, 0.4) is 0 Å². The summed E-state index contributed by atoms with van der Waals surface area (Å²) in [5.41, 5.74) is 0.0637. The minimum Gasteiger partial charge on any atom is -0.348 e. The second kappa shape index (κ2) is 6.35. The number of nitrogens with one attached hydrogen (secondary N) is 1. The van der Waals surface area contributed by atoms with Gasteiger partial charge in [0.15, 0.2) is 0 Å². The van der Waals surface area contributed by atoms with Crippen LogP contribution in [0, 0.1) is 5.82 Å². The lowest BCUT2D eigenvalue weighted by molar-refractivity contribution is 0.0936. The van der Waals surface area contributed by atoms with E-state index in [-0.39, 0.29) is 17.5 Å². The van der Waals surface area contributed by atoms with Crippen molar-refractivity contribution in [2.24, 2.45) is 0 Å². The molecule has 1 aromatic carbocycles. The standard InChI is InChI=1S/C11H12Br2FNO/c1-2-7(6-12)15-11(16)8-4-3-5-9(13)10(8)14/h3-5,7H,2,6H2,1H3,(H,15,16). The number of benzene rings is 1. The molecule has 1 N–H and O–H groups in total. The van der Waals surface area contributed by atoms with Crippen molar-refractivity contribution in [1.29, 1.82) is 0 Å². The van der Waals surface area contributed by atoms with Crippen molar-refractivity contribution in [3.63, 3.8) is 0 Å². The first-order chi connectivity index (χ1) is 7.60. The normalized spacial score (nSPS) is 12.2. The van der Waals surface area contributed by atoms with E-state index in [4.69, 9.17) is 0 Å². The van der Waals surface area contributed by atoms with Crippen LogP contribution in [-0.4, -0.2) is 17.3 Å². The molecule has 1 atom stereocenters. The van der Waals surface area contributed by atoms with E-state index in [1.807, 2.05) is 6.92 Å². The summed E-state index contributed by atoms with van der Waals surface area (Å²) in [6.07, 6.45) is 0.798. The number of halogens is 3. The lowest BCUT2D eigenvalue weighted by atomic mass is 10.1. The maximum Gasteiger partial charge on any atom is 0.254 e. The fourth-order valence-electron chi connectivity index (χ4n) is 1.19. The van der Waals surface area contributed by atoms with Gasteiger partial charge >= 0.3 is 0 Å². The molecule has 88 valence electrons. The molecule has 0 aliphatic heterocycles. The van der Waals surface area contributed by atoms with Crippen LogP contribution in [0.25, 0.3) is 0 Å². The molecule has 5 heteroatoms. The van der Waals surface area contributed by atoms with Gasteiger partial charge in [-0.1, -0.05) is 28.9 Å². The Morgan fingerprint density at radius 1 is 1.56 bits per heavy atom. The highest BCUT2D eigenvalue weighted by Gasteiger charge is 2.16. The summed E-state index contributed by atoms with van der Waals surface area (Å²) in [6.45, 7) is 1.96. The van der Waals surface area contributed by atoms with Gasteiger partial charge in [-0.3, -0.25) is 4.79 Å². The highest BCUT2D eigenvalue weighted by molar-refractivity contribution is 9.10. The predicted octanol–water partition coefficient (Wildman–Crippen LogP) is 3.49. The van der Waals surface area contributed by atoms with E-state index in [1.165, 1.54) is 6.07 Å². The number of hydrogen-bond acceptors (Lipinski definition) is 1. The number of carbonyl (C=O) groups is 1. The smallest absolute Gasteiger partial charge is 0.254 e. The third-order valence-corrected chi connectivity index (χ3v) is 3.60. The maximum absolute atomic E-state index is 13.6. The van der Waals surface area contributed by atoms with Gasteiger partial charge in [-0.05, 0) is 34.5 Å². The van der Waals surface area contributed by atoms with Gasteiger partial charge in [0.05, 0.1) is 10.0 Å². The minimum absolute atomic E-state index is 0.0193. The molecule has 0 radical (unpaired) electrons. The van der Waals surface area contributed by atoms with Crippen LogP contribution in [-0.2, 0) is 0 Å². The highest BCUT2D eigenvalue weighted by atomic mass is 79.9. The molecule has 0 aliphatic rings. The van der Waals surface area contributed by atoms with E-state index in [0.717, 1.165) is 6.42 Å². The van der Waals surface area contributed by atoms with Crippen molar-refractivity contribution in [3.05, 3.63) is 34.1 Å². The highest BCUT2D eigenvalue weighted by Crippen LogP contribution is 2.18. The molecule has 0 saturated heterocycles. The van der Waals surface area contributed by atoms with E-state index >= 15 is 0 Å². The van der Waals surface area contributed by atoms with Crippen LogP contribution in [0.4, 0.5) is 4.39 Å². The molecule has 0 fully saturated rings. The number of rotatable bonds is 4. The van der Waals surface area contributed by atoms with Gasteiger partial charge in [-0.2, -0.15) is 0 Å². The molecule has 2 nitrogen and oxygen atoms in total. The number of carbonyl (C=O) groups excluding carboxylic acids is 1. The third-order valence-electron chi connectivity index (χ3n) is 2.21. The zero-order valence-corrected chi connectivity index (χ0v) is 11.9. The van der Waals surface area contributed by atoms with E-state index in [0.29, 0.717) is 9.80 Å². The monoisotopic (exact) mass is 351 g/mol. The lowest BCUT2D eigenvalue weighted by Crippen LogP contribution is -2.35. The molecular formula is C11H12Br2FNO. The van der Waals surface area contributed by atoms with Crippen molar-refractivity contribution in [3.8, 4) is 0 Å². The van der Waals surface area contributed by atoms with E-state index in [9.17, 15) is 9.18 Å². The molecule has 1 unspecified atom stereocenters. The summed E-state index contributed by atoms with van der Waals surface area (Å²) >= 11 is 6.34. The van der Waals surface area contributed by atoms with Crippen LogP contribution in [0.5, 0.6) is 0 Å². The predicted molar refractivity (Wildman–Crippen MR) is 69.4 cm³/mol.